The second kappa shape index (κ2) is 9.43. The molecule has 0 unspecified atom stereocenters. The molecule has 0 aliphatic heterocycles. The summed E-state index contributed by atoms with van der Waals surface area (Å²) >= 11 is 0. The molecule has 0 radical (unpaired) electrons. The van der Waals surface area contributed by atoms with Gasteiger partial charge in [0.15, 0.2) is 0 Å². The molecular weight excluding hydrogens is 304 g/mol. The Kier molecular flexibility index (Phi) is 6.70. The smallest absolute Gasteiger partial charge is 0.0486 e. The van der Waals surface area contributed by atoms with Crippen molar-refractivity contribution < 1.29 is 0 Å². The van der Waals surface area contributed by atoms with E-state index >= 15 is 0 Å². The topological polar surface area (TPSA) is 17.0 Å². The van der Waals surface area contributed by atoms with E-state index < -0.39 is 0 Å². The Bertz CT molecular complexity index is 758. The Morgan fingerprint density at radius 3 is 2.44 bits per heavy atom. The van der Waals surface area contributed by atoms with Crippen LogP contribution in [0.3, 0.4) is 0 Å². The third kappa shape index (κ3) is 4.96. The maximum absolute atomic E-state index is 3.63. The number of para-hydroxylation sites is 1. The lowest BCUT2D eigenvalue weighted by Crippen LogP contribution is -2.14. The summed E-state index contributed by atoms with van der Waals surface area (Å²) in [5.74, 6) is 0. The molecule has 0 atom stereocenters. The zero-order chi connectivity index (χ0) is 17.3. The van der Waals surface area contributed by atoms with Crippen LogP contribution in [0.25, 0.3) is 10.9 Å². The van der Waals surface area contributed by atoms with Crippen molar-refractivity contribution in [3.8, 4) is 0 Å². The van der Waals surface area contributed by atoms with Crippen LogP contribution in [0.5, 0.6) is 0 Å². The van der Waals surface area contributed by atoms with E-state index in [4.69, 9.17) is 0 Å². The fourth-order valence-electron chi connectivity index (χ4n) is 3.45. The summed E-state index contributed by atoms with van der Waals surface area (Å²) in [6.45, 7) is 5.26. The fourth-order valence-corrected chi connectivity index (χ4v) is 3.45. The van der Waals surface area contributed by atoms with Gasteiger partial charge in [0.1, 0.15) is 0 Å². The van der Waals surface area contributed by atoms with Gasteiger partial charge >= 0.3 is 0 Å². The third-order valence-corrected chi connectivity index (χ3v) is 4.84. The van der Waals surface area contributed by atoms with Crippen LogP contribution >= 0.6 is 0 Å². The summed E-state index contributed by atoms with van der Waals surface area (Å²) in [4.78, 5) is 0. The lowest BCUT2D eigenvalue weighted by atomic mass is 10.1. The van der Waals surface area contributed by atoms with E-state index in [2.05, 4.69) is 77.6 Å². The summed E-state index contributed by atoms with van der Waals surface area (Å²) in [6.07, 6.45) is 9.00. The average Bonchev–Trinajstić information content (AvgIpc) is 3.00. The van der Waals surface area contributed by atoms with Crippen LogP contribution in [0.1, 0.15) is 50.2 Å². The standard InChI is InChI=1S/C23H30N2/c1-2-3-4-5-11-16-24-17-21-19-25(18-20-12-7-6-8-13-20)23-15-10-9-14-22(21)23/h6-10,12-15,19,24H,2-5,11,16-18H2,1H3. The number of fused-ring (bicyclic) bond motifs is 1. The average molecular weight is 335 g/mol. The molecule has 1 heterocycles. The van der Waals surface area contributed by atoms with Gasteiger partial charge in [0.2, 0.25) is 0 Å². The van der Waals surface area contributed by atoms with Gasteiger partial charge in [-0.25, -0.2) is 0 Å². The van der Waals surface area contributed by atoms with Crippen LogP contribution in [0, 0.1) is 0 Å². The first kappa shape index (κ1) is 17.8. The molecule has 132 valence electrons. The Labute approximate surface area is 151 Å². The van der Waals surface area contributed by atoms with Crippen molar-refractivity contribution in [1.29, 1.82) is 0 Å². The summed E-state index contributed by atoms with van der Waals surface area (Å²) in [5, 5.41) is 5.01. The van der Waals surface area contributed by atoms with Gasteiger partial charge in [0.25, 0.3) is 0 Å². The summed E-state index contributed by atoms with van der Waals surface area (Å²) in [7, 11) is 0. The van der Waals surface area contributed by atoms with E-state index in [1.165, 1.54) is 54.1 Å². The molecule has 0 saturated heterocycles. The SMILES string of the molecule is CCCCCCCNCc1cn(Cc2ccccc2)c2ccccc12. The first-order valence-corrected chi connectivity index (χ1v) is 9.70. The number of benzene rings is 2. The highest BCUT2D eigenvalue weighted by Gasteiger charge is 2.08. The number of rotatable bonds is 10. The van der Waals surface area contributed by atoms with Crippen molar-refractivity contribution in [2.24, 2.45) is 0 Å². The van der Waals surface area contributed by atoms with Gasteiger partial charge in [0.05, 0.1) is 0 Å². The molecule has 3 rings (SSSR count). The van der Waals surface area contributed by atoms with Crippen LogP contribution < -0.4 is 5.32 Å². The molecule has 2 aromatic carbocycles. The maximum atomic E-state index is 3.63. The zero-order valence-corrected chi connectivity index (χ0v) is 15.4. The minimum absolute atomic E-state index is 0.929. The van der Waals surface area contributed by atoms with E-state index in [9.17, 15) is 0 Å². The van der Waals surface area contributed by atoms with Gasteiger partial charge in [-0.3, -0.25) is 0 Å². The minimum Gasteiger partial charge on any atom is -0.343 e. The molecule has 3 aromatic rings. The van der Waals surface area contributed by atoms with E-state index in [1.807, 2.05) is 0 Å². The molecule has 2 nitrogen and oxygen atoms in total. The number of unbranched alkanes of at least 4 members (excludes halogenated alkanes) is 4. The molecule has 0 aliphatic carbocycles. The van der Waals surface area contributed by atoms with Crippen molar-refractivity contribution in [2.75, 3.05) is 6.54 Å². The second-order valence-corrected chi connectivity index (χ2v) is 6.88. The predicted molar refractivity (Wildman–Crippen MR) is 108 cm³/mol. The molecule has 0 saturated carbocycles. The predicted octanol–water partition coefficient (Wildman–Crippen LogP) is 5.75. The number of aromatic nitrogens is 1. The van der Waals surface area contributed by atoms with Gasteiger partial charge in [0, 0.05) is 30.2 Å². The molecular formula is C23H30N2. The maximum Gasteiger partial charge on any atom is 0.0486 e. The van der Waals surface area contributed by atoms with Gasteiger partial charge < -0.3 is 9.88 Å². The van der Waals surface area contributed by atoms with Crippen LogP contribution in [0.15, 0.2) is 60.8 Å². The van der Waals surface area contributed by atoms with E-state index in [1.54, 1.807) is 0 Å². The van der Waals surface area contributed by atoms with Crippen LogP contribution in [-0.4, -0.2) is 11.1 Å². The molecule has 0 aliphatic rings. The monoisotopic (exact) mass is 334 g/mol. The summed E-state index contributed by atoms with van der Waals surface area (Å²) in [6, 6.07) is 19.4. The summed E-state index contributed by atoms with van der Waals surface area (Å²) in [5.41, 5.74) is 4.07. The summed E-state index contributed by atoms with van der Waals surface area (Å²) < 4.78 is 2.38. The molecule has 0 spiro atoms. The van der Waals surface area contributed by atoms with Gasteiger partial charge in [-0.15, -0.1) is 0 Å². The molecule has 0 bridgehead atoms. The first-order chi connectivity index (χ1) is 12.4. The molecule has 1 N–H and O–H groups in total. The number of nitrogens with one attached hydrogen (secondary N) is 1. The van der Waals surface area contributed by atoms with Gasteiger partial charge in [-0.2, -0.15) is 0 Å². The molecule has 0 fully saturated rings. The fraction of sp³-hybridized carbons (Fsp3) is 0.391. The third-order valence-electron chi connectivity index (χ3n) is 4.84. The van der Waals surface area contributed by atoms with Crippen LogP contribution in [0.2, 0.25) is 0 Å². The highest BCUT2D eigenvalue weighted by molar-refractivity contribution is 5.84. The van der Waals surface area contributed by atoms with E-state index in [0.29, 0.717) is 0 Å². The molecule has 1 aromatic heterocycles. The quantitative estimate of drug-likeness (QED) is 0.467. The molecule has 0 amide bonds. The number of hydrogen-bond donors (Lipinski definition) is 1. The zero-order valence-electron chi connectivity index (χ0n) is 15.4. The minimum atomic E-state index is 0.929. The lowest BCUT2D eigenvalue weighted by Gasteiger charge is -2.05. The van der Waals surface area contributed by atoms with Gasteiger partial charge in [-0.05, 0) is 30.2 Å². The van der Waals surface area contributed by atoms with Crippen LogP contribution in [0.4, 0.5) is 0 Å². The number of hydrogen-bond acceptors (Lipinski definition) is 1. The molecule has 2 heteroatoms. The number of nitrogens with zero attached hydrogens (tertiary/aromatic N) is 1. The Morgan fingerprint density at radius 2 is 1.60 bits per heavy atom. The highest BCUT2D eigenvalue weighted by Crippen LogP contribution is 2.22. The normalized spacial score (nSPS) is 11.2. The molecule has 25 heavy (non-hydrogen) atoms. The van der Waals surface area contributed by atoms with Crippen molar-refractivity contribution in [2.45, 2.75) is 52.1 Å². The van der Waals surface area contributed by atoms with Crippen molar-refractivity contribution in [1.82, 2.24) is 9.88 Å². The van der Waals surface area contributed by atoms with E-state index in [0.717, 1.165) is 19.6 Å². The van der Waals surface area contributed by atoms with Crippen LogP contribution in [-0.2, 0) is 13.1 Å². The second-order valence-electron chi connectivity index (χ2n) is 6.88. The van der Waals surface area contributed by atoms with Gasteiger partial charge in [-0.1, -0.05) is 81.1 Å². The van der Waals surface area contributed by atoms with Crippen molar-refractivity contribution in [3.05, 3.63) is 71.9 Å². The van der Waals surface area contributed by atoms with Crippen molar-refractivity contribution in [3.63, 3.8) is 0 Å². The lowest BCUT2D eigenvalue weighted by molar-refractivity contribution is 0.584. The largest absolute Gasteiger partial charge is 0.343 e. The van der Waals surface area contributed by atoms with E-state index in [-0.39, 0.29) is 0 Å². The van der Waals surface area contributed by atoms with Crippen molar-refractivity contribution >= 4 is 10.9 Å². The Morgan fingerprint density at radius 1 is 0.840 bits per heavy atom. The Hall–Kier alpha value is -2.06. The Balaban J connectivity index is 1.63. The first-order valence-electron chi connectivity index (χ1n) is 9.70. The highest BCUT2D eigenvalue weighted by atomic mass is 15.0.